The van der Waals surface area contributed by atoms with Crippen LogP contribution in [-0.2, 0) is 17.9 Å². The second-order valence-corrected chi connectivity index (χ2v) is 6.64. The monoisotopic (exact) mass is 342 g/mol. The third-order valence-corrected chi connectivity index (χ3v) is 3.36. The van der Waals surface area contributed by atoms with Gasteiger partial charge in [-0.3, -0.25) is 4.79 Å². The van der Waals surface area contributed by atoms with Gasteiger partial charge in [0.2, 0.25) is 0 Å². The van der Waals surface area contributed by atoms with Crippen LogP contribution in [0, 0.1) is 0 Å². The molecule has 0 fully saturated rings. The molecule has 0 radical (unpaired) electrons. The maximum absolute atomic E-state index is 12.1. The highest BCUT2D eigenvalue weighted by Crippen LogP contribution is 2.13. The number of aromatic nitrogens is 1. The summed E-state index contributed by atoms with van der Waals surface area (Å²) in [6.07, 6.45) is 1.26. The maximum atomic E-state index is 12.1. The highest BCUT2D eigenvalue weighted by Gasteiger charge is 2.11. The van der Waals surface area contributed by atoms with E-state index < -0.39 is 5.97 Å². The maximum Gasteiger partial charge on any atom is 0.354 e. The zero-order valence-electron chi connectivity index (χ0n) is 14.6. The number of nitrogens with one attached hydrogen (secondary N) is 1. The Balaban J connectivity index is 1.94. The number of pyridine rings is 1. The molecule has 0 atom stereocenters. The van der Waals surface area contributed by atoms with Crippen molar-refractivity contribution in [1.29, 1.82) is 0 Å². The number of carbonyl (C=O) groups excluding carboxylic acids is 1. The first-order valence-electron chi connectivity index (χ1n) is 7.94. The van der Waals surface area contributed by atoms with Gasteiger partial charge in [-0.15, -0.1) is 0 Å². The number of aromatic carboxylic acids is 1. The van der Waals surface area contributed by atoms with E-state index in [0.717, 1.165) is 11.1 Å². The number of hydrogen-bond acceptors (Lipinski definition) is 4. The molecule has 0 aliphatic heterocycles. The zero-order valence-corrected chi connectivity index (χ0v) is 14.6. The SMILES string of the molecule is CC(C)(C)OCc1cccc(CNC(=O)c2ccc(C(=O)O)nc2)c1. The summed E-state index contributed by atoms with van der Waals surface area (Å²) in [4.78, 5) is 26.6. The van der Waals surface area contributed by atoms with E-state index in [4.69, 9.17) is 9.84 Å². The fourth-order valence-corrected chi connectivity index (χ4v) is 2.07. The van der Waals surface area contributed by atoms with Gasteiger partial charge in [-0.1, -0.05) is 24.3 Å². The normalized spacial score (nSPS) is 11.2. The molecule has 0 unspecified atom stereocenters. The van der Waals surface area contributed by atoms with E-state index in [1.165, 1.54) is 18.3 Å². The third kappa shape index (κ3) is 6.00. The van der Waals surface area contributed by atoms with E-state index in [-0.39, 0.29) is 17.2 Å². The van der Waals surface area contributed by atoms with Crippen molar-refractivity contribution in [2.45, 2.75) is 39.5 Å². The minimum atomic E-state index is -1.12. The Morgan fingerprint density at radius 2 is 1.88 bits per heavy atom. The number of benzene rings is 1. The summed E-state index contributed by atoms with van der Waals surface area (Å²) in [6.45, 7) is 6.87. The quantitative estimate of drug-likeness (QED) is 0.842. The number of rotatable bonds is 6. The van der Waals surface area contributed by atoms with E-state index in [1.807, 2.05) is 45.0 Å². The summed E-state index contributed by atoms with van der Waals surface area (Å²) in [5, 5.41) is 11.6. The molecular weight excluding hydrogens is 320 g/mol. The molecule has 2 rings (SSSR count). The van der Waals surface area contributed by atoms with Crippen LogP contribution in [0.4, 0.5) is 0 Å². The van der Waals surface area contributed by atoms with Crippen LogP contribution in [-0.4, -0.2) is 27.6 Å². The molecule has 0 spiro atoms. The van der Waals surface area contributed by atoms with Crippen LogP contribution in [0.1, 0.15) is 52.7 Å². The van der Waals surface area contributed by atoms with E-state index in [0.29, 0.717) is 18.7 Å². The van der Waals surface area contributed by atoms with Crippen molar-refractivity contribution in [2.75, 3.05) is 0 Å². The van der Waals surface area contributed by atoms with Crippen LogP contribution in [0.15, 0.2) is 42.6 Å². The summed E-state index contributed by atoms with van der Waals surface area (Å²) in [6, 6.07) is 10.6. The fraction of sp³-hybridized carbons (Fsp3) is 0.316. The number of nitrogens with zero attached hydrogens (tertiary/aromatic N) is 1. The molecule has 0 aliphatic rings. The van der Waals surface area contributed by atoms with E-state index in [1.54, 1.807) is 0 Å². The smallest absolute Gasteiger partial charge is 0.354 e. The fourth-order valence-electron chi connectivity index (χ4n) is 2.07. The molecule has 132 valence electrons. The van der Waals surface area contributed by atoms with Crippen LogP contribution in [0.25, 0.3) is 0 Å². The largest absolute Gasteiger partial charge is 0.477 e. The van der Waals surface area contributed by atoms with Crippen LogP contribution < -0.4 is 5.32 Å². The predicted octanol–water partition coefficient (Wildman–Crippen LogP) is 3.02. The van der Waals surface area contributed by atoms with Gasteiger partial charge >= 0.3 is 5.97 Å². The highest BCUT2D eigenvalue weighted by molar-refractivity contribution is 5.94. The lowest BCUT2D eigenvalue weighted by Gasteiger charge is -2.19. The van der Waals surface area contributed by atoms with Crippen molar-refractivity contribution >= 4 is 11.9 Å². The third-order valence-electron chi connectivity index (χ3n) is 3.36. The van der Waals surface area contributed by atoms with Gasteiger partial charge < -0.3 is 15.2 Å². The van der Waals surface area contributed by atoms with Crippen molar-refractivity contribution in [2.24, 2.45) is 0 Å². The lowest BCUT2D eigenvalue weighted by Crippen LogP contribution is -2.23. The molecule has 6 nitrogen and oxygen atoms in total. The van der Waals surface area contributed by atoms with Crippen LogP contribution in [0.5, 0.6) is 0 Å². The van der Waals surface area contributed by atoms with Gasteiger partial charge in [0.1, 0.15) is 5.69 Å². The van der Waals surface area contributed by atoms with Crippen molar-refractivity contribution in [3.8, 4) is 0 Å². The predicted molar refractivity (Wildman–Crippen MR) is 93.4 cm³/mol. The molecule has 0 saturated carbocycles. The molecule has 1 aromatic heterocycles. The number of amides is 1. The number of ether oxygens (including phenoxy) is 1. The van der Waals surface area contributed by atoms with Gasteiger partial charge in [0.15, 0.2) is 0 Å². The Morgan fingerprint density at radius 1 is 1.16 bits per heavy atom. The minimum absolute atomic E-state index is 0.0944. The van der Waals surface area contributed by atoms with Gasteiger partial charge in [0, 0.05) is 12.7 Å². The molecule has 1 heterocycles. The molecule has 2 aromatic rings. The number of carboxylic acid groups (broad SMARTS) is 1. The average molecular weight is 342 g/mol. The molecular formula is C19H22N2O4. The molecule has 1 aromatic carbocycles. The molecule has 0 aliphatic carbocycles. The molecule has 0 saturated heterocycles. The highest BCUT2D eigenvalue weighted by atomic mass is 16.5. The molecule has 6 heteroatoms. The molecule has 2 N–H and O–H groups in total. The number of hydrogen-bond donors (Lipinski definition) is 2. The molecule has 0 bridgehead atoms. The molecule has 1 amide bonds. The number of carbonyl (C=O) groups is 2. The molecule has 25 heavy (non-hydrogen) atoms. The topological polar surface area (TPSA) is 88.5 Å². The Morgan fingerprint density at radius 3 is 2.48 bits per heavy atom. The van der Waals surface area contributed by atoms with Crippen LogP contribution >= 0.6 is 0 Å². The zero-order chi connectivity index (χ0) is 18.4. The van der Waals surface area contributed by atoms with Gasteiger partial charge in [-0.2, -0.15) is 0 Å². The number of carboxylic acids is 1. The van der Waals surface area contributed by atoms with Gasteiger partial charge in [0.05, 0.1) is 17.8 Å². The standard InChI is InChI=1S/C19H22N2O4/c1-19(2,3)25-12-14-6-4-5-13(9-14)10-21-17(22)15-7-8-16(18(23)24)20-11-15/h4-9,11H,10,12H2,1-3H3,(H,21,22)(H,23,24). The summed E-state index contributed by atoms with van der Waals surface area (Å²) < 4.78 is 5.75. The lowest BCUT2D eigenvalue weighted by molar-refractivity contribution is -0.0149. The van der Waals surface area contributed by atoms with Crippen LogP contribution in [0.3, 0.4) is 0 Å². The van der Waals surface area contributed by atoms with Crippen molar-refractivity contribution in [3.05, 3.63) is 65.0 Å². The second-order valence-electron chi connectivity index (χ2n) is 6.64. The first-order valence-corrected chi connectivity index (χ1v) is 7.94. The van der Waals surface area contributed by atoms with Crippen molar-refractivity contribution in [3.63, 3.8) is 0 Å². The summed E-state index contributed by atoms with van der Waals surface area (Å²) in [5.41, 5.74) is 2.01. The Bertz CT molecular complexity index is 749. The van der Waals surface area contributed by atoms with Crippen molar-refractivity contribution < 1.29 is 19.4 Å². The summed E-state index contributed by atoms with van der Waals surface area (Å²) in [7, 11) is 0. The first kappa shape index (κ1) is 18.6. The van der Waals surface area contributed by atoms with Crippen LogP contribution in [0.2, 0.25) is 0 Å². The van der Waals surface area contributed by atoms with E-state index in [2.05, 4.69) is 10.3 Å². The van der Waals surface area contributed by atoms with Gasteiger partial charge in [-0.05, 0) is 44.0 Å². The van der Waals surface area contributed by atoms with Gasteiger partial charge in [0.25, 0.3) is 5.91 Å². The van der Waals surface area contributed by atoms with Crippen molar-refractivity contribution in [1.82, 2.24) is 10.3 Å². The van der Waals surface area contributed by atoms with E-state index >= 15 is 0 Å². The first-order chi connectivity index (χ1) is 11.7. The minimum Gasteiger partial charge on any atom is -0.477 e. The Kier molecular flexibility index (Phi) is 5.88. The average Bonchev–Trinajstić information content (AvgIpc) is 2.58. The van der Waals surface area contributed by atoms with Gasteiger partial charge in [-0.25, -0.2) is 9.78 Å². The second kappa shape index (κ2) is 7.90. The summed E-state index contributed by atoms with van der Waals surface area (Å²) >= 11 is 0. The Labute approximate surface area is 146 Å². The Hall–Kier alpha value is -2.73. The lowest BCUT2D eigenvalue weighted by atomic mass is 10.1. The summed E-state index contributed by atoms with van der Waals surface area (Å²) in [5.74, 6) is -1.43. The van der Waals surface area contributed by atoms with E-state index in [9.17, 15) is 9.59 Å².